The summed E-state index contributed by atoms with van der Waals surface area (Å²) < 4.78 is 60.2. The van der Waals surface area contributed by atoms with Gasteiger partial charge in [0.15, 0.2) is 6.29 Å². The van der Waals surface area contributed by atoms with Crippen molar-refractivity contribution >= 4 is 17.1 Å². The minimum Gasteiger partial charge on any atom is -0.377 e. The van der Waals surface area contributed by atoms with Crippen molar-refractivity contribution in [2.75, 3.05) is 144 Å². The lowest BCUT2D eigenvalue weighted by Crippen LogP contribution is -2.24. The Morgan fingerprint density at radius 2 is 1.02 bits per heavy atom. The lowest BCUT2D eigenvalue weighted by Gasteiger charge is -2.22. The SMILES string of the molecule is O=[N+]([O-])c1ccc(NCCOCCOCCOCCOCCOCCOCCOCCOCCOCCOC2CCCCO2)c([N+](=O)[O-])c1. The maximum Gasteiger partial charge on any atom is 0.299 e. The number of rotatable bonds is 34. The highest BCUT2D eigenvalue weighted by atomic mass is 16.7. The lowest BCUT2D eigenvalue weighted by atomic mass is 10.2. The summed E-state index contributed by atoms with van der Waals surface area (Å²) in [6.07, 6.45) is 3.14. The van der Waals surface area contributed by atoms with E-state index >= 15 is 0 Å². The van der Waals surface area contributed by atoms with Gasteiger partial charge in [-0.05, 0) is 25.3 Å². The van der Waals surface area contributed by atoms with Gasteiger partial charge in [0.05, 0.1) is 141 Å². The number of nitrogens with one attached hydrogen (secondary N) is 1. The molecule has 0 spiro atoms. The summed E-state index contributed by atoms with van der Waals surface area (Å²) in [4.78, 5) is 20.6. The van der Waals surface area contributed by atoms with Crippen LogP contribution in [0.5, 0.6) is 0 Å². The molecule has 2 rings (SSSR count). The van der Waals surface area contributed by atoms with Crippen LogP contribution in [0, 0.1) is 20.2 Å². The number of benzene rings is 1. The van der Waals surface area contributed by atoms with Gasteiger partial charge in [-0.1, -0.05) is 0 Å². The first-order valence-corrected chi connectivity index (χ1v) is 16.7. The standard InChI is InChI=1S/C31H53N3O15/c35-33(36)28-4-5-29(30(27-28)34(37)38)32-6-8-39-9-10-40-11-12-41-13-14-42-15-16-43-17-18-44-19-20-45-21-22-46-23-24-47-25-26-49-31-3-1-2-7-48-31/h4-5,27,31-32H,1-3,6-26H2. The zero-order chi connectivity index (χ0) is 35.0. The number of hydrogen-bond acceptors (Lipinski definition) is 16. The summed E-state index contributed by atoms with van der Waals surface area (Å²) in [5, 5.41) is 24.8. The topological polar surface area (TPSA) is 200 Å². The van der Waals surface area contributed by atoms with Crippen LogP contribution in [-0.4, -0.2) is 155 Å². The van der Waals surface area contributed by atoms with Gasteiger partial charge in [0.1, 0.15) is 5.69 Å². The van der Waals surface area contributed by atoms with E-state index in [9.17, 15) is 20.2 Å². The van der Waals surface area contributed by atoms with Crippen LogP contribution < -0.4 is 5.32 Å². The Morgan fingerprint density at radius 1 is 0.592 bits per heavy atom. The van der Waals surface area contributed by atoms with E-state index in [1.54, 1.807) is 0 Å². The fourth-order valence-electron chi connectivity index (χ4n) is 4.13. The number of anilines is 1. The van der Waals surface area contributed by atoms with Crippen LogP contribution in [0.4, 0.5) is 17.1 Å². The third-order valence-corrected chi connectivity index (χ3v) is 6.60. The molecule has 1 N–H and O–H groups in total. The molecule has 0 aromatic heterocycles. The summed E-state index contributed by atoms with van der Waals surface area (Å²) >= 11 is 0. The molecular weight excluding hydrogens is 654 g/mol. The smallest absolute Gasteiger partial charge is 0.299 e. The van der Waals surface area contributed by atoms with E-state index in [-0.39, 0.29) is 30.0 Å². The van der Waals surface area contributed by atoms with Gasteiger partial charge < -0.3 is 57.4 Å². The number of nitrogens with zero attached hydrogens (tertiary/aromatic N) is 2. The van der Waals surface area contributed by atoms with E-state index in [0.717, 1.165) is 31.9 Å². The Bertz CT molecular complexity index is 972. The molecule has 0 radical (unpaired) electrons. The molecule has 0 amide bonds. The second-order valence-corrected chi connectivity index (χ2v) is 10.3. The average molecular weight is 708 g/mol. The van der Waals surface area contributed by atoms with Crippen molar-refractivity contribution in [3.8, 4) is 0 Å². The van der Waals surface area contributed by atoms with Gasteiger partial charge in [-0.15, -0.1) is 0 Å². The van der Waals surface area contributed by atoms with Gasteiger partial charge in [-0.25, -0.2) is 0 Å². The highest BCUT2D eigenvalue weighted by Crippen LogP contribution is 2.28. The van der Waals surface area contributed by atoms with Crippen LogP contribution >= 0.6 is 0 Å². The van der Waals surface area contributed by atoms with Crippen molar-refractivity contribution in [2.45, 2.75) is 25.6 Å². The van der Waals surface area contributed by atoms with Crippen molar-refractivity contribution < 1.29 is 62.0 Å². The third-order valence-electron chi connectivity index (χ3n) is 6.60. The number of ether oxygens (including phenoxy) is 11. The number of nitro groups is 2. The van der Waals surface area contributed by atoms with Crippen LogP contribution in [0.3, 0.4) is 0 Å². The fourth-order valence-corrected chi connectivity index (χ4v) is 4.13. The van der Waals surface area contributed by atoms with Crippen LogP contribution in [-0.2, 0) is 52.1 Å². The molecule has 49 heavy (non-hydrogen) atoms. The van der Waals surface area contributed by atoms with E-state index < -0.39 is 9.85 Å². The second-order valence-electron chi connectivity index (χ2n) is 10.3. The normalized spacial score (nSPS) is 14.7. The molecule has 0 aliphatic carbocycles. The van der Waals surface area contributed by atoms with E-state index in [4.69, 9.17) is 52.1 Å². The molecule has 1 heterocycles. The predicted octanol–water partition coefficient (Wildman–Crippen LogP) is 2.61. The molecule has 1 unspecified atom stereocenters. The molecule has 1 saturated heterocycles. The van der Waals surface area contributed by atoms with Crippen LogP contribution in [0.2, 0.25) is 0 Å². The molecule has 18 nitrogen and oxygen atoms in total. The van der Waals surface area contributed by atoms with Gasteiger partial charge in [-0.2, -0.15) is 0 Å². The minimum absolute atomic E-state index is 0.0800. The van der Waals surface area contributed by atoms with Gasteiger partial charge in [0.25, 0.3) is 11.4 Å². The number of hydrogen-bond donors (Lipinski definition) is 1. The highest BCUT2D eigenvalue weighted by molar-refractivity contribution is 5.65. The molecule has 282 valence electrons. The van der Waals surface area contributed by atoms with Crippen LogP contribution in [0.15, 0.2) is 18.2 Å². The van der Waals surface area contributed by atoms with Crippen molar-refractivity contribution in [1.82, 2.24) is 0 Å². The Kier molecular flexibility index (Phi) is 26.2. The number of nitro benzene ring substituents is 2. The number of non-ortho nitro benzene ring substituents is 1. The lowest BCUT2D eigenvalue weighted by molar-refractivity contribution is -0.393. The van der Waals surface area contributed by atoms with Crippen LogP contribution in [0.25, 0.3) is 0 Å². The fraction of sp³-hybridized carbons (Fsp3) is 0.806. The molecule has 1 atom stereocenters. The molecule has 1 aliphatic rings. The average Bonchev–Trinajstić information content (AvgIpc) is 3.11. The molecule has 0 saturated carbocycles. The first kappa shape index (κ1) is 42.5. The van der Waals surface area contributed by atoms with Crippen molar-refractivity contribution in [3.63, 3.8) is 0 Å². The van der Waals surface area contributed by atoms with Gasteiger partial charge in [0.2, 0.25) is 0 Å². The molecule has 1 fully saturated rings. The van der Waals surface area contributed by atoms with Crippen molar-refractivity contribution in [2.24, 2.45) is 0 Å². The Morgan fingerprint density at radius 3 is 1.41 bits per heavy atom. The first-order chi connectivity index (χ1) is 24.1. The van der Waals surface area contributed by atoms with Crippen molar-refractivity contribution in [1.29, 1.82) is 0 Å². The largest absolute Gasteiger partial charge is 0.377 e. The minimum atomic E-state index is -0.680. The zero-order valence-electron chi connectivity index (χ0n) is 28.3. The molecular formula is C31H53N3O15. The summed E-state index contributed by atoms with van der Waals surface area (Å²) in [5.41, 5.74) is -0.523. The Hall–Kier alpha value is -2.62. The second kappa shape index (κ2) is 30.2. The molecule has 0 bridgehead atoms. The highest BCUT2D eigenvalue weighted by Gasteiger charge is 2.19. The first-order valence-electron chi connectivity index (χ1n) is 16.7. The quantitative estimate of drug-likeness (QED) is 0.0622. The maximum atomic E-state index is 11.1. The summed E-state index contributed by atoms with van der Waals surface area (Å²) in [6, 6.07) is 3.43. The van der Waals surface area contributed by atoms with E-state index in [0.29, 0.717) is 125 Å². The van der Waals surface area contributed by atoms with Gasteiger partial charge >= 0.3 is 0 Å². The maximum absolute atomic E-state index is 11.1. The molecule has 1 aromatic carbocycles. The van der Waals surface area contributed by atoms with Crippen LogP contribution in [0.1, 0.15) is 19.3 Å². The molecule has 1 aromatic rings. The Balaban J connectivity index is 1.20. The van der Waals surface area contributed by atoms with Gasteiger partial charge in [0, 0.05) is 19.2 Å². The monoisotopic (exact) mass is 707 g/mol. The van der Waals surface area contributed by atoms with Crippen molar-refractivity contribution in [3.05, 3.63) is 38.4 Å². The summed E-state index contributed by atoms with van der Waals surface area (Å²) in [6.45, 7) is 9.70. The van der Waals surface area contributed by atoms with E-state index in [2.05, 4.69) is 5.32 Å². The zero-order valence-corrected chi connectivity index (χ0v) is 28.3. The van der Waals surface area contributed by atoms with E-state index in [1.165, 1.54) is 12.1 Å². The van der Waals surface area contributed by atoms with E-state index in [1.807, 2.05) is 0 Å². The molecule has 1 aliphatic heterocycles. The summed E-state index contributed by atoms with van der Waals surface area (Å²) in [7, 11) is 0. The summed E-state index contributed by atoms with van der Waals surface area (Å²) in [5.74, 6) is 0. The third kappa shape index (κ3) is 23.4. The Labute approximate surface area is 287 Å². The van der Waals surface area contributed by atoms with Gasteiger partial charge in [-0.3, -0.25) is 20.2 Å². The predicted molar refractivity (Wildman–Crippen MR) is 175 cm³/mol. The molecule has 18 heteroatoms.